The monoisotopic (exact) mass is 319 g/mol. The number of benzene rings is 1. The minimum absolute atomic E-state index is 0.187. The molecule has 0 heterocycles. The molecule has 5 heteroatoms. The van der Waals surface area contributed by atoms with Gasteiger partial charge in [0.1, 0.15) is 0 Å². The molecule has 0 fully saturated rings. The molecule has 1 N–H and O–H groups in total. The number of hydrogen-bond donors (Lipinski definition) is 1. The fraction of sp³-hybridized carbons (Fsp3) is 0.500. The van der Waals surface area contributed by atoms with Crippen molar-refractivity contribution in [2.24, 2.45) is 0 Å². The molecular weight excluding hydrogens is 302 g/mol. The van der Waals surface area contributed by atoms with Crippen molar-refractivity contribution in [2.45, 2.75) is 26.2 Å². The summed E-state index contributed by atoms with van der Waals surface area (Å²) in [6, 6.07) is 7.50. The molecule has 0 saturated carbocycles. The molecule has 0 aliphatic carbocycles. The van der Waals surface area contributed by atoms with Crippen molar-refractivity contribution in [2.75, 3.05) is 15.8 Å². The van der Waals surface area contributed by atoms with E-state index in [0.717, 1.165) is 18.2 Å². The third-order valence-electron chi connectivity index (χ3n) is 2.38. The Morgan fingerprint density at radius 1 is 1.24 bits per heavy atom. The van der Waals surface area contributed by atoms with Gasteiger partial charge in [0, 0.05) is 11.0 Å². The van der Waals surface area contributed by atoms with Gasteiger partial charge in [-0.25, -0.2) is 8.42 Å². The zero-order valence-electron chi connectivity index (χ0n) is 9.95. The Bertz CT molecular complexity index is 428. The summed E-state index contributed by atoms with van der Waals surface area (Å²) in [6.07, 6.45) is 2.52. The van der Waals surface area contributed by atoms with E-state index < -0.39 is 10.0 Å². The molecule has 3 nitrogen and oxygen atoms in total. The van der Waals surface area contributed by atoms with Crippen LogP contribution < -0.4 is 4.72 Å². The fourth-order valence-corrected chi connectivity index (χ4v) is 3.14. The predicted molar refractivity (Wildman–Crippen MR) is 76.3 cm³/mol. The van der Waals surface area contributed by atoms with Crippen LogP contribution in [0.1, 0.15) is 25.3 Å². The Labute approximate surface area is 112 Å². The Kier molecular flexibility index (Phi) is 5.98. The van der Waals surface area contributed by atoms with Gasteiger partial charge in [-0.15, -0.1) is 0 Å². The summed E-state index contributed by atoms with van der Waals surface area (Å²) < 4.78 is 25.9. The lowest BCUT2D eigenvalue weighted by atomic mass is 10.2. The third-order valence-corrected chi connectivity index (χ3v) is 4.15. The molecule has 0 saturated heterocycles. The number of hydrogen-bond acceptors (Lipinski definition) is 2. The van der Waals surface area contributed by atoms with Gasteiger partial charge >= 0.3 is 0 Å². The van der Waals surface area contributed by atoms with Crippen molar-refractivity contribution < 1.29 is 8.42 Å². The first-order chi connectivity index (χ1) is 8.07. The molecule has 1 aromatic carbocycles. The largest absolute Gasteiger partial charge is 0.284 e. The highest BCUT2D eigenvalue weighted by Gasteiger charge is 2.08. The van der Waals surface area contributed by atoms with Gasteiger partial charge in [-0.1, -0.05) is 41.4 Å². The topological polar surface area (TPSA) is 46.2 Å². The maximum atomic E-state index is 11.7. The average molecular weight is 320 g/mol. The van der Waals surface area contributed by atoms with E-state index in [2.05, 4.69) is 20.7 Å². The van der Waals surface area contributed by atoms with Crippen LogP contribution in [0.3, 0.4) is 0 Å². The van der Waals surface area contributed by atoms with E-state index in [0.29, 0.717) is 12.1 Å². The number of unbranched alkanes of at least 4 members (excludes halogenated alkanes) is 1. The first-order valence-corrected chi connectivity index (χ1v) is 8.50. The van der Waals surface area contributed by atoms with Gasteiger partial charge in [-0.3, -0.25) is 4.72 Å². The van der Waals surface area contributed by atoms with Crippen LogP contribution in [-0.4, -0.2) is 19.5 Å². The quantitative estimate of drug-likeness (QED) is 0.785. The maximum Gasteiger partial charge on any atom is 0.232 e. The van der Waals surface area contributed by atoms with Gasteiger partial charge in [0.05, 0.1) is 5.75 Å². The second-order valence-electron chi connectivity index (χ2n) is 3.91. The van der Waals surface area contributed by atoms with Gasteiger partial charge in [-0.2, -0.15) is 0 Å². The molecule has 96 valence electrons. The first kappa shape index (κ1) is 14.5. The predicted octanol–water partition coefficient (Wildman–Crippen LogP) is 3.17. The highest BCUT2D eigenvalue weighted by Crippen LogP contribution is 2.13. The molecule has 0 aliphatic heterocycles. The van der Waals surface area contributed by atoms with Crippen LogP contribution >= 0.6 is 15.9 Å². The lowest BCUT2D eigenvalue weighted by molar-refractivity contribution is 0.598. The van der Waals surface area contributed by atoms with Gasteiger partial charge < -0.3 is 0 Å². The molecule has 1 aromatic rings. The third kappa shape index (κ3) is 5.55. The Morgan fingerprint density at radius 3 is 2.41 bits per heavy atom. The van der Waals surface area contributed by atoms with Crippen LogP contribution in [0, 0.1) is 0 Å². The van der Waals surface area contributed by atoms with Gasteiger partial charge in [0.25, 0.3) is 0 Å². The number of sulfonamides is 1. The summed E-state index contributed by atoms with van der Waals surface area (Å²) in [5.41, 5.74) is 1.83. The second-order valence-corrected chi connectivity index (χ2v) is 6.55. The van der Waals surface area contributed by atoms with Crippen molar-refractivity contribution in [3.63, 3.8) is 0 Å². The molecule has 0 spiro atoms. The number of anilines is 1. The first-order valence-electron chi connectivity index (χ1n) is 5.73. The molecule has 0 bridgehead atoms. The highest BCUT2D eigenvalue weighted by molar-refractivity contribution is 9.09. The Hall–Kier alpha value is -0.550. The van der Waals surface area contributed by atoms with Gasteiger partial charge in [-0.05, 0) is 30.5 Å². The van der Waals surface area contributed by atoms with Crippen molar-refractivity contribution in [3.8, 4) is 0 Å². The van der Waals surface area contributed by atoms with E-state index in [1.807, 2.05) is 31.2 Å². The zero-order chi connectivity index (χ0) is 12.7. The van der Waals surface area contributed by atoms with Crippen molar-refractivity contribution in [1.29, 1.82) is 0 Å². The van der Waals surface area contributed by atoms with E-state index >= 15 is 0 Å². The molecule has 0 atom stereocenters. The van der Waals surface area contributed by atoms with Crippen LogP contribution in [0.5, 0.6) is 0 Å². The van der Waals surface area contributed by atoms with Crippen LogP contribution in [-0.2, 0) is 16.4 Å². The summed E-state index contributed by atoms with van der Waals surface area (Å²) >= 11 is 3.37. The Balaban J connectivity index is 2.62. The maximum absolute atomic E-state index is 11.7. The molecule has 0 radical (unpaired) electrons. The SMILES string of the molecule is CCCCS(=O)(=O)Nc1ccc(CCBr)cc1. The van der Waals surface area contributed by atoms with Gasteiger partial charge in [0.15, 0.2) is 0 Å². The minimum Gasteiger partial charge on any atom is -0.284 e. The molecule has 0 aromatic heterocycles. The number of halogens is 1. The molecule has 1 rings (SSSR count). The van der Waals surface area contributed by atoms with Crippen molar-refractivity contribution in [1.82, 2.24) is 0 Å². The van der Waals surface area contributed by atoms with Crippen LogP contribution in [0.15, 0.2) is 24.3 Å². The van der Waals surface area contributed by atoms with E-state index in [-0.39, 0.29) is 5.75 Å². The fourth-order valence-electron chi connectivity index (χ4n) is 1.41. The van der Waals surface area contributed by atoms with E-state index in [1.165, 1.54) is 5.56 Å². The molecule has 0 aliphatic rings. The summed E-state index contributed by atoms with van der Waals surface area (Å²) in [7, 11) is -3.18. The summed E-state index contributed by atoms with van der Waals surface area (Å²) in [5.74, 6) is 0.187. The van der Waals surface area contributed by atoms with Crippen molar-refractivity contribution in [3.05, 3.63) is 29.8 Å². The van der Waals surface area contributed by atoms with E-state index in [9.17, 15) is 8.42 Å². The second kappa shape index (κ2) is 7.01. The minimum atomic E-state index is -3.18. The van der Waals surface area contributed by atoms with E-state index in [1.54, 1.807) is 0 Å². The average Bonchev–Trinajstić information content (AvgIpc) is 2.29. The van der Waals surface area contributed by atoms with Crippen molar-refractivity contribution >= 4 is 31.6 Å². The number of rotatable bonds is 7. The smallest absolute Gasteiger partial charge is 0.232 e. The zero-order valence-corrected chi connectivity index (χ0v) is 12.4. The summed E-state index contributed by atoms with van der Waals surface area (Å²) in [4.78, 5) is 0. The summed E-state index contributed by atoms with van der Waals surface area (Å²) in [5, 5.41) is 0.911. The van der Waals surface area contributed by atoms with Crippen LogP contribution in [0.25, 0.3) is 0 Å². The van der Waals surface area contributed by atoms with Gasteiger partial charge in [0.2, 0.25) is 10.0 Å². The number of aryl methyl sites for hydroxylation is 1. The molecule has 17 heavy (non-hydrogen) atoms. The summed E-state index contributed by atoms with van der Waals surface area (Å²) in [6.45, 7) is 1.98. The lowest BCUT2D eigenvalue weighted by Gasteiger charge is -2.08. The van der Waals surface area contributed by atoms with Crippen LogP contribution in [0.4, 0.5) is 5.69 Å². The molecule has 0 unspecified atom stereocenters. The normalized spacial score (nSPS) is 11.4. The van der Waals surface area contributed by atoms with E-state index in [4.69, 9.17) is 0 Å². The molecule has 0 amide bonds. The Morgan fingerprint density at radius 2 is 1.88 bits per heavy atom. The number of alkyl halides is 1. The molecular formula is C12H18BrNO2S. The lowest BCUT2D eigenvalue weighted by Crippen LogP contribution is -2.16. The van der Waals surface area contributed by atoms with Crippen LogP contribution in [0.2, 0.25) is 0 Å². The number of nitrogens with one attached hydrogen (secondary N) is 1. The standard InChI is InChI=1S/C12H18BrNO2S/c1-2-3-10-17(15,16)14-12-6-4-11(5-7-12)8-9-13/h4-7,14H,2-3,8-10H2,1H3. The highest BCUT2D eigenvalue weighted by atomic mass is 79.9.